The van der Waals surface area contributed by atoms with E-state index in [2.05, 4.69) is 29.5 Å². The van der Waals surface area contributed by atoms with Gasteiger partial charge >= 0.3 is 0 Å². The van der Waals surface area contributed by atoms with Crippen LogP contribution in [0.15, 0.2) is 59.7 Å². The van der Waals surface area contributed by atoms with Crippen LogP contribution in [0.3, 0.4) is 0 Å². The van der Waals surface area contributed by atoms with Gasteiger partial charge in [0.15, 0.2) is 6.61 Å². The number of hydrogen-bond donors (Lipinski definition) is 1. The van der Waals surface area contributed by atoms with Crippen molar-refractivity contribution in [3.63, 3.8) is 0 Å². The Balaban J connectivity index is 1.57. The highest BCUT2D eigenvalue weighted by Gasteiger charge is 2.13. The number of hydrazone groups is 1. The topological polar surface area (TPSA) is 68.5 Å². The standard InChI is InChI=1S/C22H23ClN4O2/c1-15(2)17-9-11-19(12-10-17)29-14-21(28)25-24-13-20-16(3)26-27(22(20)23)18-7-5-4-6-8-18/h4-13,15H,14H2,1-3H3,(H,25,28). The fraction of sp³-hybridized carbons (Fsp3) is 0.227. The second-order valence-corrected chi connectivity index (χ2v) is 7.20. The number of rotatable bonds is 7. The van der Waals surface area contributed by atoms with Crippen LogP contribution in [0.25, 0.3) is 5.69 Å². The van der Waals surface area contributed by atoms with Crippen molar-refractivity contribution in [2.75, 3.05) is 6.61 Å². The maximum Gasteiger partial charge on any atom is 0.277 e. The molecule has 0 aliphatic rings. The van der Waals surface area contributed by atoms with Crippen molar-refractivity contribution in [3.05, 3.63) is 76.6 Å². The minimum atomic E-state index is -0.363. The molecule has 0 spiro atoms. The molecule has 6 nitrogen and oxygen atoms in total. The average Bonchev–Trinajstić information content (AvgIpc) is 3.01. The minimum Gasteiger partial charge on any atom is -0.484 e. The molecular weight excluding hydrogens is 388 g/mol. The summed E-state index contributed by atoms with van der Waals surface area (Å²) in [5.41, 5.74) is 5.86. The van der Waals surface area contributed by atoms with E-state index < -0.39 is 0 Å². The SMILES string of the molecule is Cc1nn(-c2ccccc2)c(Cl)c1C=NNC(=O)COc1ccc(C(C)C)cc1. The number of aromatic nitrogens is 2. The predicted octanol–water partition coefficient (Wildman–Crippen LogP) is 4.49. The molecule has 7 heteroatoms. The van der Waals surface area contributed by atoms with Crippen LogP contribution in [0.2, 0.25) is 5.15 Å². The zero-order valence-electron chi connectivity index (χ0n) is 16.6. The van der Waals surface area contributed by atoms with E-state index in [0.717, 1.165) is 5.69 Å². The van der Waals surface area contributed by atoms with Gasteiger partial charge in [0.05, 0.1) is 23.2 Å². The van der Waals surface area contributed by atoms with Crippen LogP contribution >= 0.6 is 11.6 Å². The van der Waals surface area contributed by atoms with Gasteiger partial charge < -0.3 is 4.74 Å². The van der Waals surface area contributed by atoms with Crippen LogP contribution in [-0.4, -0.2) is 28.5 Å². The fourth-order valence-electron chi connectivity index (χ4n) is 2.70. The summed E-state index contributed by atoms with van der Waals surface area (Å²) in [6, 6.07) is 17.3. The highest BCUT2D eigenvalue weighted by Crippen LogP contribution is 2.22. The summed E-state index contributed by atoms with van der Waals surface area (Å²) in [6.07, 6.45) is 1.49. The first kappa shape index (κ1) is 20.6. The van der Waals surface area contributed by atoms with Crippen molar-refractivity contribution in [2.24, 2.45) is 5.10 Å². The summed E-state index contributed by atoms with van der Waals surface area (Å²) < 4.78 is 7.12. The largest absolute Gasteiger partial charge is 0.484 e. The van der Waals surface area contributed by atoms with Crippen LogP contribution in [0.5, 0.6) is 5.75 Å². The summed E-state index contributed by atoms with van der Waals surface area (Å²) in [4.78, 5) is 12.0. The number of nitrogens with zero attached hydrogens (tertiary/aromatic N) is 3. The van der Waals surface area contributed by atoms with E-state index in [1.54, 1.807) is 4.68 Å². The zero-order chi connectivity index (χ0) is 20.8. The van der Waals surface area contributed by atoms with Crippen molar-refractivity contribution in [2.45, 2.75) is 26.7 Å². The Hall–Kier alpha value is -3.12. The van der Waals surface area contributed by atoms with Crippen LogP contribution < -0.4 is 10.2 Å². The van der Waals surface area contributed by atoms with E-state index in [1.165, 1.54) is 11.8 Å². The van der Waals surface area contributed by atoms with Gasteiger partial charge in [0.25, 0.3) is 5.91 Å². The third kappa shape index (κ3) is 5.23. The van der Waals surface area contributed by atoms with Gasteiger partial charge in [0, 0.05) is 0 Å². The van der Waals surface area contributed by atoms with Gasteiger partial charge in [-0.25, -0.2) is 10.1 Å². The van der Waals surface area contributed by atoms with Gasteiger partial charge in [-0.05, 0) is 42.7 Å². The van der Waals surface area contributed by atoms with Crippen molar-refractivity contribution in [1.29, 1.82) is 0 Å². The van der Waals surface area contributed by atoms with Gasteiger partial charge in [0.2, 0.25) is 0 Å². The molecule has 1 aromatic heterocycles. The molecule has 0 radical (unpaired) electrons. The van der Waals surface area contributed by atoms with E-state index >= 15 is 0 Å². The first-order valence-corrected chi connectivity index (χ1v) is 9.68. The lowest BCUT2D eigenvalue weighted by Gasteiger charge is -2.08. The number of benzene rings is 2. The molecule has 2 aromatic carbocycles. The number of carbonyl (C=O) groups excluding carboxylic acids is 1. The number of carbonyl (C=O) groups is 1. The molecule has 0 bridgehead atoms. The first-order valence-electron chi connectivity index (χ1n) is 9.31. The van der Waals surface area contributed by atoms with Gasteiger partial charge in [-0.1, -0.05) is 55.8 Å². The lowest BCUT2D eigenvalue weighted by atomic mass is 10.0. The Morgan fingerprint density at radius 3 is 2.55 bits per heavy atom. The summed E-state index contributed by atoms with van der Waals surface area (Å²) >= 11 is 6.43. The van der Waals surface area contributed by atoms with Gasteiger partial charge in [-0.2, -0.15) is 10.2 Å². The highest BCUT2D eigenvalue weighted by atomic mass is 35.5. The second-order valence-electron chi connectivity index (χ2n) is 6.84. The summed E-state index contributed by atoms with van der Waals surface area (Å²) in [7, 11) is 0. The molecule has 1 N–H and O–H groups in total. The number of aryl methyl sites for hydroxylation is 1. The second kappa shape index (κ2) is 9.39. The Kier molecular flexibility index (Phi) is 6.67. The number of hydrogen-bond acceptors (Lipinski definition) is 4. The summed E-state index contributed by atoms with van der Waals surface area (Å²) in [5, 5.41) is 8.83. The van der Waals surface area contributed by atoms with Crippen LogP contribution in [0, 0.1) is 6.92 Å². The lowest BCUT2D eigenvalue weighted by Crippen LogP contribution is -2.24. The van der Waals surface area contributed by atoms with E-state index in [0.29, 0.717) is 28.1 Å². The van der Waals surface area contributed by atoms with Crippen molar-refractivity contribution in [1.82, 2.24) is 15.2 Å². The Morgan fingerprint density at radius 1 is 1.21 bits per heavy atom. The molecule has 0 aliphatic heterocycles. The number of nitrogens with one attached hydrogen (secondary N) is 1. The van der Waals surface area contributed by atoms with Crippen molar-refractivity contribution >= 4 is 23.7 Å². The maximum atomic E-state index is 12.0. The average molecular weight is 411 g/mol. The minimum absolute atomic E-state index is 0.131. The molecule has 0 aliphatic carbocycles. The van der Waals surface area contributed by atoms with E-state index in [-0.39, 0.29) is 12.5 Å². The highest BCUT2D eigenvalue weighted by molar-refractivity contribution is 6.32. The molecule has 150 valence electrons. The molecular formula is C22H23ClN4O2. The Morgan fingerprint density at radius 2 is 1.90 bits per heavy atom. The third-order valence-corrected chi connectivity index (χ3v) is 4.71. The van der Waals surface area contributed by atoms with Gasteiger partial charge in [-0.15, -0.1) is 0 Å². The zero-order valence-corrected chi connectivity index (χ0v) is 17.3. The first-order chi connectivity index (χ1) is 14.0. The molecule has 3 rings (SSSR count). The van der Waals surface area contributed by atoms with Gasteiger partial charge in [0.1, 0.15) is 10.9 Å². The molecule has 1 heterocycles. The van der Waals surface area contributed by atoms with Crippen molar-refractivity contribution in [3.8, 4) is 11.4 Å². The lowest BCUT2D eigenvalue weighted by molar-refractivity contribution is -0.123. The molecule has 0 saturated heterocycles. The fourth-order valence-corrected chi connectivity index (χ4v) is 3.02. The normalized spacial score (nSPS) is 11.2. The quantitative estimate of drug-likeness (QED) is 0.461. The van der Waals surface area contributed by atoms with Crippen LogP contribution in [0.1, 0.15) is 36.6 Å². The van der Waals surface area contributed by atoms with E-state index in [9.17, 15) is 4.79 Å². The predicted molar refractivity (Wildman–Crippen MR) is 115 cm³/mol. The molecule has 29 heavy (non-hydrogen) atoms. The molecule has 0 unspecified atom stereocenters. The van der Waals surface area contributed by atoms with Crippen molar-refractivity contribution < 1.29 is 9.53 Å². The van der Waals surface area contributed by atoms with Crippen LogP contribution in [0.4, 0.5) is 0 Å². The van der Waals surface area contributed by atoms with Crippen LogP contribution in [-0.2, 0) is 4.79 Å². The van der Waals surface area contributed by atoms with E-state index in [4.69, 9.17) is 16.3 Å². The molecule has 1 amide bonds. The number of halogens is 1. The van der Waals surface area contributed by atoms with E-state index in [1.807, 2.05) is 61.5 Å². The molecule has 0 saturated carbocycles. The van der Waals surface area contributed by atoms with Gasteiger partial charge in [-0.3, -0.25) is 4.79 Å². The number of para-hydroxylation sites is 1. The number of ether oxygens (including phenoxy) is 1. The Bertz CT molecular complexity index is 996. The molecule has 0 atom stereocenters. The summed E-state index contributed by atoms with van der Waals surface area (Å²) in [5.74, 6) is 0.721. The third-order valence-electron chi connectivity index (χ3n) is 4.35. The Labute approximate surface area is 175 Å². The monoisotopic (exact) mass is 410 g/mol. The molecule has 0 fully saturated rings. The maximum absolute atomic E-state index is 12.0. The smallest absolute Gasteiger partial charge is 0.277 e. The summed E-state index contributed by atoms with van der Waals surface area (Å²) in [6.45, 7) is 5.95. The molecule has 3 aromatic rings. The number of amides is 1.